The molecule has 71 heavy (non-hydrogen) atoms. The molecule has 0 atom stereocenters. The second kappa shape index (κ2) is 16.2. The fraction of sp³-hybridized carbons (Fsp3) is 0.294. The van der Waals surface area contributed by atoms with Crippen LogP contribution in [0.4, 0.5) is 34.1 Å². The topological polar surface area (TPSA) is 6.48 Å². The molecule has 2 aliphatic heterocycles. The predicted octanol–water partition coefficient (Wildman–Crippen LogP) is 16.9. The molecule has 0 saturated heterocycles. The smallest absolute Gasteiger partial charge is 0.252 e. The monoisotopic (exact) mass is 927 g/mol. The van der Waals surface area contributed by atoms with Crippen LogP contribution in [0.25, 0.3) is 33.4 Å². The van der Waals surface area contributed by atoms with Gasteiger partial charge in [0.1, 0.15) is 0 Å². The van der Waals surface area contributed by atoms with E-state index < -0.39 is 0 Å². The van der Waals surface area contributed by atoms with Gasteiger partial charge in [0.05, 0.1) is 5.69 Å². The molecule has 0 fully saturated rings. The van der Waals surface area contributed by atoms with Crippen molar-refractivity contribution in [3.05, 3.63) is 197 Å². The molecule has 0 unspecified atom stereocenters. The minimum Gasteiger partial charge on any atom is -0.311 e. The predicted molar refractivity (Wildman–Crippen MR) is 308 cm³/mol. The number of aryl methyl sites for hydroxylation is 1. The van der Waals surface area contributed by atoms with Crippen molar-refractivity contribution in [2.24, 2.45) is 0 Å². The van der Waals surface area contributed by atoms with Crippen LogP contribution in [0.5, 0.6) is 0 Å². The van der Waals surface area contributed by atoms with E-state index in [-0.39, 0.29) is 33.8 Å². The average molecular weight is 927 g/mol. The molecule has 356 valence electrons. The zero-order chi connectivity index (χ0) is 50.2. The lowest BCUT2D eigenvalue weighted by Gasteiger charge is -2.45. The van der Waals surface area contributed by atoms with E-state index in [0.29, 0.717) is 0 Å². The van der Waals surface area contributed by atoms with Gasteiger partial charge in [0.15, 0.2) is 0 Å². The van der Waals surface area contributed by atoms with Crippen molar-refractivity contribution < 1.29 is 0 Å². The molecule has 0 radical (unpaired) electrons. The Bertz CT molecular complexity index is 3370. The summed E-state index contributed by atoms with van der Waals surface area (Å²) in [5.74, 6) is 0. The molecule has 0 bridgehead atoms. The van der Waals surface area contributed by atoms with Gasteiger partial charge in [-0.05, 0) is 167 Å². The summed E-state index contributed by atoms with van der Waals surface area (Å²) < 4.78 is 0. The standard InChI is InChI=1S/C68H71BN2/c1-43-36-61-63-62(37-43)71(58-35-31-51(66(8,9)10)39-53(58)47-18-16-15-17-19-47)60-41-55-54(67(11,12)42-68(55,13)14)40-57(60)69(63)56-38-48(46-22-29-50(30-23-46)65(5,6)7)26-34-59(56)70(61)52-32-24-45(25-33-52)44-20-27-49(28-21-44)64(2,3)4/h15-41H,42H2,1-14H3. The number of fused-ring (bicyclic) bond motifs is 5. The van der Waals surface area contributed by atoms with Crippen molar-refractivity contribution in [1.29, 1.82) is 0 Å². The van der Waals surface area contributed by atoms with E-state index in [2.05, 4.69) is 271 Å². The van der Waals surface area contributed by atoms with Crippen molar-refractivity contribution in [3.63, 3.8) is 0 Å². The Balaban J connectivity index is 1.20. The molecule has 8 aromatic rings. The Hall–Kier alpha value is -6.58. The first-order chi connectivity index (χ1) is 33.5. The van der Waals surface area contributed by atoms with Crippen molar-refractivity contribution in [2.45, 2.75) is 130 Å². The molecular weight excluding hydrogens is 856 g/mol. The maximum absolute atomic E-state index is 2.66. The number of benzene rings is 8. The summed E-state index contributed by atoms with van der Waals surface area (Å²) in [5, 5.41) is 0. The van der Waals surface area contributed by atoms with E-state index in [1.54, 1.807) is 0 Å². The summed E-state index contributed by atoms with van der Waals surface area (Å²) in [6.45, 7) is 32.9. The first-order valence-electron chi connectivity index (χ1n) is 26.1. The van der Waals surface area contributed by atoms with Crippen LogP contribution in [0.15, 0.2) is 164 Å². The van der Waals surface area contributed by atoms with Crippen molar-refractivity contribution in [1.82, 2.24) is 0 Å². The molecule has 0 spiro atoms. The van der Waals surface area contributed by atoms with Crippen molar-refractivity contribution >= 4 is 57.2 Å². The molecule has 0 aromatic heterocycles. The van der Waals surface area contributed by atoms with Crippen LogP contribution in [0.2, 0.25) is 0 Å². The van der Waals surface area contributed by atoms with Crippen LogP contribution in [-0.2, 0) is 27.1 Å². The molecule has 11 rings (SSSR count). The Morgan fingerprint density at radius 3 is 1.42 bits per heavy atom. The largest absolute Gasteiger partial charge is 0.311 e. The molecular formula is C68H71BN2. The van der Waals surface area contributed by atoms with Gasteiger partial charge in [-0.25, -0.2) is 0 Å². The summed E-state index contributed by atoms with van der Waals surface area (Å²) in [6.07, 6.45) is 1.10. The first kappa shape index (κ1) is 46.8. The van der Waals surface area contributed by atoms with Gasteiger partial charge in [-0.1, -0.05) is 205 Å². The third-order valence-electron chi connectivity index (χ3n) is 16.2. The number of rotatable bonds is 5. The van der Waals surface area contributed by atoms with Crippen LogP contribution in [0.3, 0.4) is 0 Å². The highest BCUT2D eigenvalue weighted by molar-refractivity contribution is 7.00. The maximum Gasteiger partial charge on any atom is 0.252 e. The summed E-state index contributed by atoms with van der Waals surface area (Å²) in [5.41, 5.74) is 27.2. The highest BCUT2D eigenvalue weighted by atomic mass is 15.2. The molecule has 3 heteroatoms. The van der Waals surface area contributed by atoms with Gasteiger partial charge in [-0.15, -0.1) is 0 Å². The number of hydrogen-bond acceptors (Lipinski definition) is 2. The summed E-state index contributed by atoms with van der Waals surface area (Å²) in [7, 11) is 0. The molecule has 3 aliphatic rings. The summed E-state index contributed by atoms with van der Waals surface area (Å²) in [6, 6.07) is 63.6. The van der Waals surface area contributed by atoms with E-state index in [1.165, 1.54) is 112 Å². The molecule has 0 saturated carbocycles. The third kappa shape index (κ3) is 7.96. The maximum atomic E-state index is 2.66. The lowest BCUT2D eigenvalue weighted by Crippen LogP contribution is -2.61. The van der Waals surface area contributed by atoms with Gasteiger partial charge in [-0.3, -0.25) is 0 Å². The van der Waals surface area contributed by atoms with Crippen LogP contribution < -0.4 is 26.2 Å². The first-order valence-corrected chi connectivity index (χ1v) is 26.1. The fourth-order valence-electron chi connectivity index (χ4n) is 12.5. The van der Waals surface area contributed by atoms with Gasteiger partial charge >= 0.3 is 0 Å². The van der Waals surface area contributed by atoms with Crippen molar-refractivity contribution in [2.75, 3.05) is 9.80 Å². The highest BCUT2D eigenvalue weighted by Crippen LogP contribution is 2.54. The number of hydrogen-bond donors (Lipinski definition) is 0. The van der Waals surface area contributed by atoms with Gasteiger partial charge in [-0.2, -0.15) is 0 Å². The molecule has 2 nitrogen and oxygen atoms in total. The van der Waals surface area contributed by atoms with Crippen LogP contribution in [-0.4, -0.2) is 6.71 Å². The Labute approximate surface area is 425 Å². The van der Waals surface area contributed by atoms with Crippen LogP contribution >= 0.6 is 0 Å². The Morgan fingerprint density at radius 1 is 0.394 bits per heavy atom. The molecule has 0 amide bonds. The minimum atomic E-state index is -0.0215. The second-order valence-electron chi connectivity index (χ2n) is 25.5. The van der Waals surface area contributed by atoms with E-state index >= 15 is 0 Å². The Morgan fingerprint density at radius 2 is 0.859 bits per heavy atom. The van der Waals surface area contributed by atoms with E-state index in [4.69, 9.17) is 0 Å². The van der Waals surface area contributed by atoms with E-state index in [9.17, 15) is 0 Å². The van der Waals surface area contributed by atoms with E-state index in [1.807, 2.05) is 0 Å². The Kier molecular flexibility index (Phi) is 10.7. The number of anilines is 6. The third-order valence-corrected chi connectivity index (χ3v) is 16.2. The minimum absolute atomic E-state index is 0.00802. The summed E-state index contributed by atoms with van der Waals surface area (Å²) >= 11 is 0. The highest BCUT2D eigenvalue weighted by Gasteiger charge is 2.48. The van der Waals surface area contributed by atoms with E-state index in [0.717, 1.165) is 12.1 Å². The fourth-order valence-corrected chi connectivity index (χ4v) is 12.5. The lowest BCUT2D eigenvalue weighted by atomic mass is 9.33. The van der Waals surface area contributed by atoms with Gasteiger partial charge < -0.3 is 9.80 Å². The van der Waals surface area contributed by atoms with Crippen molar-refractivity contribution in [3.8, 4) is 33.4 Å². The lowest BCUT2D eigenvalue weighted by molar-refractivity contribution is 0.403. The van der Waals surface area contributed by atoms with Crippen LogP contribution in [0.1, 0.15) is 130 Å². The average Bonchev–Trinajstić information content (AvgIpc) is 3.51. The molecule has 8 aromatic carbocycles. The van der Waals surface area contributed by atoms with Gasteiger partial charge in [0.25, 0.3) is 6.71 Å². The van der Waals surface area contributed by atoms with Crippen LogP contribution in [0, 0.1) is 6.92 Å². The zero-order valence-corrected chi connectivity index (χ0v) is 44.8. The molecule has 2 heterocycles. The van der Waals surface area contributed by atoms with Gasteiger partial charge in [0, 0.05) is 34.0 Å². The molecule has 1 aliphatic carbocycles. The molecule has 0 N–H and O–H groups in total. The quantitative estimate of drug-likeness (QED) is 0.159. The summed E-state index contributed by atoms with van der Waals surface area (Å²) in [4.78, 5) is 5.23. The zero-order valence-electron chi connectivity index (χ0n) is 44.8. The van der Waals surface area contributed by atoms with Gasteiger partial charge in [0.2, 0.25) is 0 Å². The number of nitrogens with zero attached hydrogens (tertiary/aromatic N) is 2. The SMILES string of the molecule is Cc1cc2c3c(c1)N(c1ccc(C(C)(C)C)cc1-c1ccccc1)c1cc4c(cc1B3c1cc(-c3ccc(C(C)(C)C)cc3)ccc1N2c1ccc(-c2ccc(C(C)(C)C)cc2)cc1)C(C)(C)CC4(C)C. The second-order valence-corrected chi connectivity index (χ2v) is 25.5. The normalized spacial score (nSPS) is 15.5.